The first-order chi connectivity index (χ1) is 13.4. The van der Waals surface area contributed by atoms with E-state index in [1.165, 1.54) is 24.9 Å². The zero-order chi connectivity index (χ0) is 20.4. The molecule has 7 nitrogen and oxygen atoms in total. The van der Waals surface area contributed by atoms with E-state index in [0.29, 0.717) is 33.5 Å². The SMILES string of the molecule is C=CCOC(=O)C1=C(C)N=C2S[C@@H](C)C(=O)N2[C@H]1c1ccc(OC)c(OC)c1. The molecular formula is C20H22N2O5S. The van der Waals surface area contributed by atoms with Crippen LogP contribution in [-0.4, -0.2) is 48.0 Å². The lowest BCUT2D eigenvalue weighted by Crippen LogP contribution is -2.40. The smallest absolute Gasteiger partial charge is 0.338 e. The number of hydrogen-bond donors (Lipinski definition) is 0. The molecule has 0 spiro atoms. The molecular weight excluding hydrogens is 380 g/mol. The Bertz CT molecular complexity index is 893. The summed E-state index contributed by atoms with van der Waals surface area (Å²) in [6.45, 7) is 7.22. The maximum atomic E-state index is 12.9. The van der Waals surface area contributed by atoms with Gasteiger partial charge in [-0.25, -0.2) is 9.79 Å². The highest BCUT2D eigenvalue weighted by Crippen LogP contribution is 2.44. The Hall–Kier alpha value is -2.74. The topological polar surface area (TPSA) is 77.4 Å². The zero-order valence-electron chi connectivity index (χ0n) is 16.2. The number of methoxy groups -OCH3 is 2. The van der Waals surface area contributed by atoms with Gasteiger partial charge in [0.05, 0.1) is 36.8 Å². The second kappa shape index (κ2) is 8.10. The number of thioether (sulfide) groups is 1. The van der Waals surface area contributed by atoms with Crippen LogP contribution >= 0.6 is 11.8 Å². The summed E-state index contributed by atoms with van der Waals surface area (Å²) in [5.41, 5.74) is 1.55. The molecule has 2 aliphatic rings. The van der Waals surface area contributed by atoms with Gasteiger partial charge in [-0.05, 0) is 31.5 Å². The number of benzene rings is 1. The third-order valence-corrected chi connectivity index (χ3v) is 5.59. The van der Waals surface area contributed by atoms with Gasteiger partial charge in [-0.15, -0.1) is 0 Å². The molecule has 2 aliphatic heterocycles. The highest BCUT2D eigenvalue weighted by Gasteiger charge is 2.46. The fourth-order valence-electron chi connectivity index (χ4n) is 3.21. The van der Waals surface area contributed by atoms with Crippen molar-refractivity contribution >= 4 is 28.8 Å². The Kier molecular flexibility index (Phi) is 5.79. The van der Waals surface area contributed by atoms with Gasteiger partial charge in [-0.3, -0.25) is 9.69 Å². The van der Waals surface area contributed by atoms with Crippen molar-refractivity contribution in [2.45, 2.75) is 25.1 Å². The molecule has 1 saturated heterocycles. The lowest BCUT2D eigenvalue weighted by atomic mass is 9.94. The van der Waals surface area contributed by atoms with Crippen LogP contribution in [0.4, 0.5) is 0 Å². The van der Waals surface area contributed by atoms with Gasteiger partial charge in [0.15, 0.2) is 16.7 Å². The minimum absolute atomic E-state index is 0.0734. The largest absolute Gasteiger partial charge is 0.493 e. The van der Waals surface area contributed by atoms with Gasteiger partial charge in [0.25, 0.3) is 0 Å². The number of ether oxygens (including phenoxy) is 3. The Balaban J connectivity index is 2.14. The minimum Gasteiger partial charge on any atom is -0.493 e. The summed E-state index contributed by atoms with van der Waals surface area (Å²) < 4.78 is 16.0. The maximum absolute atomic E-state index is 12.9. The van der Waals surface area contributed by atoms with Gasteiger partial charge in [0, 0.05) is 0 Å². The number of carbonyl (C=O) groups is 2. The molecule has 1 amide bonds. The first-order valence-electron chi connectivity index (χ1n) is 8.72. The normalized spacial score (nSPS) is 21.2. The van der Waals surface area contributed by atoms with Gasteiger partial charge in [0.2, 0.25) is 5.91 Å². The van der Waals surface area contributed by atoms with Crippen LogP contribution in [0.5, 0.6) is 11.5 Å². The second-order valence-electron chi connectivity index (χ2n) is 6.27. The number of amides is 1. The lowest BCUT2D eigenvalue weighted by Gasteiger charge is -2.33. The number of carbonyl (C=O) groups excluding carboxylic acids is 2. The molecule has 1 aromatic rings. The number of nitrogens with zero attached hydrogens (tertiary/aromatic N) is 2. The number of allylic oxidation sites excluding steroid dienone is 1. The van der Waals surface area contributed by atoms with Gasteiger partial charge in [0.1, 0.15) is 6.61 Å². The fraction of sp³-hybridized carbons (Fsp3) is 0.350. The van der Waals surface area contributed by atoms with E-state index in [1.54, 1.807) is 31.1 Å². The van der Waals surface area contributed by atoms with E-state index >= 15 is 0 Å². The van der Waals surface area contributed by atoms with Crippen molar-refractivity contribution in [2.24, 2.45) is 4.99 Å². The fourth-order valence-corrected chi connectivity index (χ4v) is 4.24. The molecule has 0 bridgehead atoms. The van der Waals surface area contributed by atoms with E-state index in [0.717, 1.165) is 0 Å². The Morgan fingerprint density at radius 1 is 1.32 bits per heavy atom. The molecule has 0 aliphatic carbocycles. The quantitative estimate of drug-likeness (QED) is 0.538. The van der Waals surface area contributed by atoms with Gasteiger partial charge in [-0.1, -0.05) is 30.5 Å². The molecule has 0 unspecified atom stereocenters. The van der Waals surface area contributed by atoms with Crippen LogP contribution in [0.25, 0.3) is 0 Å². The van der Waals surface area contributed by atoms with Crippen molar-refractivity contribution in [1.82, 2.24) is 4.90 Å². The molecule has 0 aromatic heterocycles. The van der Waals surface area contributed by atoms with Crippen LogP contribution in [0.3, 0.4) is 0 Å². The Morgan fingerprint density at radius 3 is 2.68 bits per heavy atom. The zero-order valence-corrected chi connectivity index (χ0v) is 17.0. The third kappa shape index (κ3) is 3.40. The predicted octanol–water partition coefficient (Wildman–Crippen LogP) is 3.08. The van der Waals surface area contributed by atoms with Gasteiger partial charge >= 0.3 is 5.97 Å². The van der Waals surface area contributed by atoms with E-state index in [1.807, 2.05) is 13.0 Å². The summed E-state index contributed by atoms with van der Waals surface area (Å²) in [6, 6.07) is 4.67. The molecule has 28 heavy (non-hydrogen) atoms. The van der Waals surface area contributed by atoms with Crippen LogP contribution in [-0.2, 0) is 14.3 Å². The van der Waals surface area contributed by atoms with Crippen molar-refractivity contribution in [2.75, 3.05) is 20.8 Å². The highest BCUT2D eigenvalue weighted by atomic mass is 32.2. The minimum atomic E-state index is -0.658. The van der Waals surface area contributed by atoms with Crippen molar-refractivity contribution in [1.29, 1.82) is 0 Å². The molecule has 0 N–H and O–H groups in total. The molecule has 2 heterocycles. The summed E-state index contributed by atoms with van der Waals surface area (Å²) >= 11 is 1.38. The van der Waals surface area contributed by atoms with Crippen molar-refractivity contribution < 1.29 is 23.8 Å². The van der Waals surface area contributed by atoms with E-state index < -0.39 is 12.0 Å². The van der Waals surface area contributed by atoms with Gasteiger partial charge in [-0.2, -0.15) is 0 Å². The summed E-state index contributed by atoms with van der Waals surface area (Å²) in [7, 11) is 3.09. The second-order valence-corrected chi connectivity index (χ2v) is 7.57. The highest BCUT2D eigenvalue weighted by molar-refractivity contribution is 8.15. The van der Waals surface area contributed by atoms with Crippen LogP contribution in [0.2, 0.25) is 0 Å². The Morgan fingerprint density at radius 2 is 2.04 bits per heavy atom. The molecule has 148 valence electrons. The molecule has 3 rings (SSSR count). The standard InChI is InChI=1S/C20H22N2O5S/c1-6-9-27-19(24)16-11(2)21-20-22(18(23)12(3)28-20)17(16)13-7-8-14(25-4)15(10-13)26-5/h6-8,10,12,17H,1,9H2,2-5H3/t12-,17-/m0/s1. The number of hydrogen-bond acceptors (Lipinski definition) is 7. The first kappa shape index (κ1) is 20.0. The van der Waals surface area contributed by atoms with E-state index in [2.05, 4.69) is 11.6 Å². The molecule has 1 aromatic carbocycles. The van der Waals surface area contributed by atoms with E-state index in [-0.39, 0.29) is 17.8 Å². The van der Waals surface area contributed by atoms with E-state index in [4.69, 9.17) is 14.2 Å². The number of amidine groups is 1. The monoisotopic (exact) mass is 402 g/mol. The van der Waals surface area contributed by atoms with E-state index in [9.17, 15) is 9.59 Å². The van der Waals surface area contributed by atoms with Crippen LogP contribution in [0.15, 0.2) is 47.1 Å². The predicted molar refractivity (Wildman–Crippen MR) is 107 cm³/mol. The maximum Gasteiger partial charge on any atom is 0.338 e. The van der Waals surface area contributed by atoms with Crippen LogP contribution in [0.1, 0.15) is 25.5 Å². The summed E-state index contributed by atoms with van der Waals surface area (Å²) in [5.74, 6) is 0.429. The van der Waals surface area contributed by atoms with Crippen LogP contribution in [0, 0.1) is 0 Å². The molecule has 2 atom stereocenters. The summed E-state index contributed by atoms with van der Waals surface area (Å²) in [5, 5.41) is 0.299. The van der Waals surface area contributed by atoms with Crippen molar-refractivity contribution in [3.05, 3.63) is 47.7 Å². The first-order valence-corrected chi connectivity index (χ1v) is 9.60. The number of esters is 1. The summed E-state index contributed by atoms with van der Waals surface area (Å²) in [4.78, 5) is 31.7. The Labute approximate surface area is 168 Å². The number of aliphatic imine (C=N–C) groups is 1. The molecule has 0 saturated carbocycles. The third-order valence-electron chi connectivity index (χ3n) is 4.53. The average molecular weight is 402 g/mol. The molecule has 1 fully saturated rings. The molecule has 8 heteroatoms. The van der Waals surface area contributed by atoms with Crippen LogP contribution < -0.4 is 9.47 Å². The molecule has 0 radical (unpaired) electrons. The summed E-state index contributed by atoms with van der Waals surface area (Å²) in [6.07, 6.45) is 1.50. The van der Waals surface area contributed by atoms with Gasteiger partial charge < -0.3 is 14.2 Å². The average Bonchev–Trinajstić information content (AvgIpc) is 2.97. The van der Waals surface area contributed by atoms with Crippen molar-refractivity contribution in [3.8, 4) is 11.5 Å². The number of rotatable bonds is 6. The number of fused-ring (bicyclic) bond motifs is 1. The lowest BCUT2D eigenvalue weighted by molar-refractivity contribution is -0.139. The van der Waals surface area contributed by atoms with Crippen molar-refractivity contribution in [3.63, 3.8) is 0 Å².